The van der Waals surface area contributed by atoms with Crippen LogP contribution in [0, 0.1) is 11.3 Å². The van der Waals surface area contributed by atoms with E-state index < -0.39 is 0 Å². The van der Waals surface area contributed by atoms with Gasteiger partial charge in [-0.2, -0.15) is 5.26 Å². The van der Waals surface area contributed by atoms with E-state index in [2.05, 4.69) is 11.0 Å². The van der Waals surface area contributed by atoms with Crippen LogP contribution in [-0.4, -0.2) is 31.1 Å². The third-order valence-corrected chi connectivity index (χ3v) is 3.30. The van der Waals surface area contributed by atoms with Gasteiger partial charge in [0.2, 0.25) is 0 Å². The minimum Gasteiger partial charge on any atom is -0.494 e. The highest BCUT2D eigenvalue weighted by atomic mass is 16.5. The lowest BCUT2D eigenvalue weighted by atomic mass is 10.1. The lowest BCUT2D eigenvalue weighted by Gasteiger charge is -2.26. The highest BCUT2D eigenvalue weighted by Crippen LogP contribution is 2.13. The zero-order chi connectivity index (χ0) is 12.6. The molecule has 1 aliphatic rings. The second kappa shape index (κ2) is 7.03. The number of hydrogen-bond acceptors (Lipinski definition) is 3. The summed E-state index contributed by atoms with van der Waals surface area (Å²) in [5.74, 6) is 0.799. The first-order valence-electron chi connectivity index (χ1n) is 6.74. The molecule has 1 aromatic carbocycles. The number of piperidine rings is 1. The molecule has 1 fully saturated rings. The Hall–Kier alpha value is -1.53. The number of nitriles is 1. The van der Waals surface area contributed by atoms with Gasteiger partial charge < -0.3 is 9.64 Å². The van der Waals surface area contributed by atoms with Crippen molar-refractivity contribution in [3.05, 3.63) is 29.8 Å². The van der Waals surface area contributed by atoms with Crippen LogP contribution in [0.1, 0.15) is 31.2 Å². The van der Waals surface area contributed by atoms with Crippen LogP contribution < -0.4 is 4.74 Å². The Bertz CT molecular complexity index is 405. The van der Waals surface area contributed by atoms with Crippen LogP contribution in [0.5, 0.6) is 5.75 Å². The molecule has 1 aliphatic heterocycles. The summed E-state index contributed by atoms with van der Waals surface area (Å²) in [4.78, 5) is 2.51. The first kappa shape index (κ1) is 12.9. The molecule has 0 saturated carbocycles. The molecule has 0 atom stereocenters. The molecular formula is C15H20N2O. The number of benzene rings is 1. The SMILES string of the molecule is N#Cc1cccc(OCCCN2CCCCC2)c1. The van der Waals surface area contributed by atoms with E-state index in [4.69, 9.17) is 10.00 Å². The molecule has 0 spiro atoms. The summed E-state index contributed by atoms with van der Waals surface area (Å²) >= 11 is 0. The van der Waals surface area contributed by atoms with Gasteiger partial charge in [-0.05, 0) is 50.6 Å². The van der Waals surface area contributed by atoms with Gasteiger partial charge in [0, 0.05) is 6.54 Å². The lowest BCUT2D eigenvalue weighted by Crippen LogP contribution is -2.31. The summed E-state index contributed by atoms with van der Waals surface area (Å²) in [5, 5.41) is 8.79. The number of rotatable bonds is 5. The molecule has 0 bridgehead atoms. The standard InChI is InChI=1S/C15H20N2O/c16-13-14-6-4-7-15(12-14)18-11-5-10-17-8-2-1-3-9-17/h4,6-7,12H,1-3,5,8-11H2. The van der Waals surface area contributed by atoms with Crippen LogP contribution in [0.2, 0.25) is 0 Å². The smallest absolute Gasteiger partial charge is 0.120 e. The van der Waals surface area contributed by atoms with Crippen molar-refractivity contribution in [2.24, 2.45) is 0 Å². The fourth-order valence-electron chi connectivity index (χ4n) is 2.32. The summed E-state index contributed by atoms with van der Waals surface area (Å²) in [6.07, 6.45) is 5.11. The average molecular weight is 244 g/mol. The van der Waals surface area contributed by atoms with E-state index in [1.807, 2.05) is 12.1 Å². The summed E-state index contributed by atoms with van der Waals surface area (Å²) in [6, 6.07) is 9.47. The van der Waals surface area contributed by atoms with Gasteiger partial charge in [-0.3, -0.25) is 0 Å². The molecule has 0 radical (unpaired) electrons. The molecule has 18 heavy (non-hydrogen) atoms. The van der Waals surface area contributed by atoms with Gasteiger partial charge >= 0.3 is 0 Å². The first-order chi connectivity index (χ1) is 8.88. The number of hydrogen-bond donors (Lipinski definition) is 0. The first-order valence-corrected chi connectivity index (χ1v) is 6.74. The Balaban J connectivity index is 1.67. The van der Waals surface area contributed by atoms with Crippen LogP contribution in [0.15, 0.2) is 24.3 Å². The highest BCUT2D eigenvalue weighted by molar-refractivity contribution is 5.36. The Kier molecular flexibility index (Phi) is 5.04. The van der Waals surface area contributed by atoms with E-state index in [1.165, 1.54) is 32.4 Å². The summed E-state index contributed by atoms with van der Waals surface area (Å²) in [5.41, 5.74) is 0.656. The van der Waals surface area contributed by atoms with E-state index in [-0.39, 0.29) is 0 Å². The largest absolute Gasteiger partial charge is 0.494 e. The van der Waals surface area contributed by atoms with E-state index in [0.717, 1.165) is 25.3 Å². The molecule has 3 nitrogen and oxygen atoms in total. The predicted octanol–water partition coefficient (Wildman–Crippen LogP) is 2.81. The maximum atomic E-state index is 8.79. The number of likely N-dealkylation sites (tertiary alicyclic amines) is 1. The van der Waals surface area contributed by atoms with Crippen LogP contribution in [0.4, 0.5) is 0 Å². The number of ether oxygens (including phenoxy) is 1. The molecular weight excluding hydrogens is 224 g/mol. The van der Waals surface area contributed by atoms with E-state index in [1.54, 1.807) is 12.1 Å². The Morgan fingerprint density at radius 3 is 2.83 bits per heavy atom. The monoisotopic (exact) mass is 244 g/mol. The molecule has 0 aliphatic carbocycles. The van der Waals surface area contributed by atoms with E-state index in [0.29, 0.717) is 5.56 Å². The Morgan fingerprint density at radius 2 is 2.06 bits per heavy atom. The second-order valence-corrected chi connectivity index (χ2v) is 4.74. The van der Waals surface area contributed by atoms with Crippen molar-refractivity contribution in [2.45, 2.75) is 25.7 Å². The van der Waals surface area contributed by atoms with Gasteiger partial charge in [0.25, 0.3) is 0 Å². The van der Waals surface area contributed by atoms with Crippen molar-refractivity contribution in [3.8, 4) is 11.8 Å². The van der Waals surface area contributed by atoms with Crippen LogP contribution in [0.25, 0.3) is 0 Å². The molecule has 1 saturated heterocycles. The van der Waals surface area contributed by atoms with Gasteiger partial charge in [0.15, 0.2) is 0 Å². The van der Waals surface area contributed by atoms with Crippen molar-refractivity contribution in [1.82, 2.24) is 4.90 Å². The quantitative estimate of drug-likeness (QED) is 0.747. The number of nitrogens with zero attached hydrogens (tertiary/aromatic N) is 2. The molecule has 3 heteroatoms. The Morgan fingerprint density at radius 1 is 1.22 bits per heavy atom. The van der Waals surface area contributed by atoms with Gasteiger partial charge in [-0.1, -0.05) is 12.5 Å². The van der Waals surface area contributed by atoms with Gasteiger partial charge in [0.05, 0.1) is 18.2 Å². The third kappa shape index (κ3) is 4.05. The van der Waals surface area contributed by atoms with Crippen LogP contribution in [0.3, 0.4) is 0 Å². The molecule has 0 aromatic heterocycles. The molecule has 1 aromatic rings. The van der Waals surface area contributed by atoms with Gasteiger partial charge in [0.1, 0.15) is 5.75 Å². The summed E-state index contributed by atoms with van der Waals surface area (Å²) in [6.45, 7) is 4.33. The normalized spacial score (nSPS) is 16.2. The molecule has 1 heterocycles. The van der Waals surface area contributed by atoms with E-state index >= 15 is 0 Å². The summed E-state index contributed by atoms with van der Waals surface area (Å²) < 4.78 is 5.66. The van der Waals surface area contributed by atoms with Gasteiger partial charge in [-0.15, -0.1) is 0 Å². The van der Waals surface area contributed by atoms with Crippen LogP contribution >= 0.6 is 0 Å². The zero-order valence-electron chi connectivity index (χ0n) is 10.8. The fourth-order valence-corrected chi connectivity index (χ4v) is 2.32. The van der Waals surface area contributed by atoms with Crippen molar-refractivity contribution in [2.75, 3.05) is 26.2 Å². The Labute approximate surface area is 109 Å². The topological polar surface area (TPSA) is 36.3 Å². The lowest BCUT2D eigenvalue weighted by molar-refractivity contribution is 0.205. The average Bonchev–Trinajstić information content (AvgIpc) is 2.45. The van der Waals surface area contributed by atoms with Crippen molar-refractivity contribution >= 4 is 0 Å². The molecule has 96 valence electrons. The van der Waals surface area contributed by atoms with Crippen molar-refractivity contribution in [3.63, 3.8) is 0 Å². The van der Waals surface area contributed by atoms with E-state index in [9.17, 15) is 0 Å². The minimum atomic E-state index is 0.656. The maximum absolute atomic E-state index is 8.79. The molecule has 0 unspecified atom stereocenters. The second-order valence-electron chi connectivity index (χ2n) is 4.74. The predicted molar refractivity (Wildman–Crippen MR) is 71.6 cm³/mol. The minimum absolute atomic E-state index is 0.656. The van der Waals surface area contributed by atoms with Gasteiger partial charge in [-0.25, -0.2) is 0 Å². The van der Waals surface area contributed by atoms with Crippen molar-refractivity contribution < 1.29 is 4.74 Å². The third-order valence-electron chi connectivity index (χ3n) is 3.30. The fraction of sp³-hybridized carbons (Fsp3) is 0.533. The van der Waals surface area contributed by atoms with Crippen molar-refractivity contribution in [1.29, 1.82) is 5.26 Å². The van der Waals surface area contributed by atoms with Crippen LogP contribution in [-0.2, 0) is 0 Å². The zero-order valence-corrected chi connectivity index (χ0v) is 10.8. The highest BCUT2D eigenvalue weighted by Gasteiger charge is 2.08. The molecule has 2 rings (SSSR count). The summed E-state index contributed by atoms with van der Waals surface area (Å²) in [7, 11) is 0. The maximum Gasteiger partial charge on any atom is 0.120 e. The molecule has 0 amide bonds. The molecule has 0 N–H and O–H groups in total.